The SMILES string of the molecule is CCNC(=NCC1(C)CCCCC1O)N1CCN(c2nccn(C)c2=O)CC1. The van der Waals surface area contributed by atoms with Crippen LogP contribution in [-0.2, 0) is 7.05 Å². The Morgan fingerprint density at radius 3 is 2.79 bits per heavy atom. The Morgan fingerprint density at radius 2 is 2.11 bits per heavy atom. The molecule has 1 saturated heterocycles. The molecule has 0 radical (unpaired) electrons. The molecule has 156 valence electrons. The van der Waals surface area contributed by atoms with Gasteiger partial charge < -0.3 is 24.8 Å². The van der Waals surface area contributed by atoms with Crippen molar-refractivity contribution in [3.63, 3.8) is 0 Å². The first-order valence-corrected chi connectivity index (χ1v) is 10.4. The molecule has 1 aliphatic heterocycles. The highest BCUT2D eigenvalue weighted by molar-refractivity contribution is 5.80. The minimum atomic E-state index is -0.273. The lowest BCUT2D eigenvalue weighted by molar-refractivity contribution is 0.00703. The second kappa shape index (κ2) is 8.94. The van der Waals surface area contributed by atoms with Gasteiger partial charge in [-0.1, -0.05) is 19.8 Å². The Labute approximate surface area is 167 Å². The summed E-state index contributed by atoms with van der Waals surface area (Å²) in [5.74, 6) is 1.42. The van der Waals surface area contributed by atoms with Crippen molar-refractivity contribution in [3.8, 4) is 0 Å². The number of nitrogens with zero attached hydrogens (tertiary/aromatic N) is 5. The van der Waals surface area contributed by atoms with Gasteiger partial charge in [0.15, 0.2) is 11.8 Å². The van der Waals surface area contributed by atoms with E-state index in [1.807, 2.05) is 0 Å². The fourth-order valence-electron chi connectivity index (χ4n) is 4.08. The Kier molecular flexibility index (Phi) is 6.59. The summed E-state index contributed by atoms with van der Waals surface area (Å²) in [4.78, 5) is 25.8. The summed E-state index contributed by atoms with van der Waals surface area (Å²) in [7, 11) is 1.75. The van der Waals surface area contributed by atoms with Crippen molar-refractivity contribution in [3.05, 3.63) is 22.7 Å². The van der Waals surface area contributed by atoms with Crippen molar-refractivity contribution in [1.82, 2.24) is 19.8 Å². The van der Waals surface area contributed by atoms with Crippen molar-refractivity contribution < 1.29 is 5.11 Å². The molecule has 2 aliphatic rings. The van der Waals surface area contributed by atoms with Crippen molar-refractivity contribution in [2.75, 3.05) is 44.2 Å². The maximum Gasteiger partial charge on any atom is 0.293 e. The third-order valence-electron chi connectivity index (χ3n) is 6.08. The molecular formula is C20H34N6O2. The maximum atomic E-state index is 12.3. The number of anilines is 1. The van der Waals surface area contributed by atoms with E-state index in [0.29, 0.717) is 12.4 Å². The summed E-state index contributed by atoms with van der Waals surface area (Å²) in [6.45, 7) is 8.69. The van der Waals surface area contributed by atoms with Crippen LogP contribution in [0.25, 0.3) is 0 Å². The van der Waals surface area contributed by atoms with Crippen LogP contribution in [0.15, 0.2) is 22.2 Å². The lowest BCUT2D eigenvalue weighted by Gasteiger charge is -2.39. The van der Waals surface area contributed by atoms with E-state index in [-0.39, 0.29) is 17.1 Å². The fraction of sp³-hybridized carbons (Fsp3) is 0.750. The molecule has 28 heavy (non-hydrogen) atoms. The van der Waals surface area contributed by atoms with Gasteiger partial charge in [-0.2, -0.15) is 0 Å². The number of aliphatic hydroxyl groups excluding tert-OH is 1. The second-order valence-corrected chi connectivity index (χ2v) is 8.23. The van der Waals surface area contributed by atoms with Crippen LogP contribution in [-0.4, -0.2) is 70.9 Å². The first-order valence-electron chi connectivity index (χ1n) is 10.4. The number of piperazine rings is 1. The predicted octanol–water partition coefficient (Wildman–Crippen LogP) is 0.809. The highest BCUT2D eigenvalue weighted by Crippen LogP contribution is 2.36. The average molecular weight is 391 g/mol. The number of aryl methyl sites for hydroxylation is 1. The summed E-state index contributed by atoms with van der Waals surface area (Å²) < 4.78 is 1.57. The van der Waals surface area contributed by atoms with Gasteiger partial charge in [-0.05, 0) is 19.8 Å². The van der Waals surface area contributed by atoms with Crippen LogP contribution >= 0.6 is 0 Å². The lowest BCUT2D eigenvalue weighted by atomic mass is 9.73. The Balaban J connectivity index is 1.66. The zero-order chi connectivity index (χ0) is 20.1. The largest absolute Gasteiger partial charge is 0.392 e. The molecule has 1 aromatic rings. The van der Waals surface area contributed by atoms with Gasteiger partial charge in [0.2, 0.25) is 0 Å². The van der Waals surface area contributed by atoms with Crippen LogP contribution in [0.1, 0.15) is 39.5 Å². The number of hydrogen-bond donors (Lipinski definition) is 2. The molecule has 0 spiro atoms. The highest BCUT2D eigenvalue weighted by atomic mass is 16.3. The number of guanidine groups is 1. The molecule has 0 bridgehead atoms. The van der Waals surface area contributed by atoms with Crippen molar-refractivity contribution in [2.45, 2.75) is 45.6 Å². The topological polar surface area (TPSA) is 86.0 Å². The van der Waals surface area contributed by atoms with E-state index in [1.165, 1.54) is 0 Å². The molecule has 0 aromatic carbocycles. The molecule has 2 unspecified atom stereocenters. The molecule has 8 heteroatoms. The third kappa shape index (κ3) is 4.48. The molecule has 0 amide bonds. The first-order chi connectivity index (χ1) is 13.4. The van der Waals surface area contributed by atoms with Crippen LogP contribution in [0.3, 0.4) is 0 Å². The zero-order valence-corrected chi connectivity index (χ0v) is 17.4. The maximum absolute atomic E-state index is 12.3. The van der Waals surface area contributed by atoms with E-state index >= 15 is 0 Å². The molecule has 8 nitrogen and oxygen atoms in total. The van der Waals surface area contributed by atoms with Crippen molar-refractivity contribution in [2.24, 2.45) is 17.5 Å². The van der Waals surface area contributed by atoms with Crippen LogP contribution in [0.4, 0.5) is 5.82 Å². The molecule has 1 aromatic heterocycles. The summed E-state index contributed by atoms with van der Waals surface area (Å²) in [5, 5.41) is 13.8. The average Bonchev–Trinajstić information content (AvgIpc) is 2.70. The zero-order valence-electron chi connectivity index (χ0n) is 17.4. The van der Waals surface area contributed by atoms with Crippen LogP contribution < -0.4 is 15.8 Å². The number of rotatable bonds is 4. The van der Waals surface area contributed by atoms with Crippen LogP contribution in [0.5, 0.6) is 0 Å². The standard InChI is InChI=1S/C20H34N6O2/c1-4-21-19(23-15-20(2)8-6-5-7-16(20)27)26-13-11-25(12-14-26)17-18(28)24(3)10-9-22-17/h9-10,16,27H,4-8,11-15H2,1-3H3,(H,21,23). The van der Waals surface area contributed by atoms with Crippen LogP contribution in [0, 0.1) is 5.41 Å². The normalized spacial score (nSPS) is 26.4. The monoisotopic (exact) mass is 390 g/mol. The van der Waals surface area contributed by atoms with Crippen LogP contribution in [0.2, 0.25) is 0 Å². The van der Waals surface area contributed by atoms with Gasteiger partial charge in [0.25, 0.3) is 5.56 Å². The number of nitrogens with one attached hydrogen (secondary N) is 1. The number of aliphatic imine (C=N–C) groups is 1. The van der Waals surface area contributed by atoms with E-state index in [0.717, 1.165) is 64.4 Å². The van der Waals surface area contributed by atoms with Crippen molar-refractivity contribution in [1.29, 1.82) is 0 Å². The van der Waals surface area contributed by atoms with E-state index < -0.39 is 0 Å². The second-order valence-electron chi connectivity index (χ2n) is 8.23. The fourth-order valence-corrected chi connectivity index (χ4v) is 4.08. The highest BCUT2D eigenvalue weighted by Gasteiger charge is 2.35. The van der Waals surface area contributed by atoms with Gasteiger partial charge >= 0.3 is 0 Å². The lowest BCUT2D eigenvalue weighted by Crippen LogP contribution is -2.54. The quantitative estimate of drug-likeness (QED) is 0.585. The summed E-state index contributed by atoms with van der Waals surface area (Å²) >= 11 is 0. The molecule has 2 fully saturated rings. The van der Waals surface area contributed by atoms with Gasteiger partial charge in [-0.3, -0.25) is 9.79 Å². The number of hydrogen-bond acceptors (Lipinski definition) is 5. The molecule has 2 N–H and O–H groups in total. The Hall–Kier alpha value is -2.09. The minimum absolute atomic E-state index is 0.0595. The molecule has 2 heterocycles. The van der Waals surface area contributed by atoms with Gasteiger partial charge in [-0.25, -0.2) is 4.98 Å². The minimum Gasteiger partial charge on any atom is -0.392 e. The number of aliphatic hydroxyl groups is 1. The summed E-state index contributed by atoms with van der Waals surface area (Å²) in [5.41, 5.74) is -0.197. The molecular weight excluding hydrogens is 356 g/mol. The predicted molar refractivity (Wildman–Crippen MR) is 112 cm³/mol. The molecule has 1 saturated carbocycles. The van der Waals surface area contributed by atoms with Crippen molar-refractivity contribution >= 4 is 11.8 Å². The van der Waals surface area contributed by atoms with Gasteiger partial charge in [-0.15, -0.1) is 0 Å². The van der Waals surface area contributed by atoms with Gasteiger partial charge in [0.1, 0.15) is 0 Å². The van der Waals surface area contributed by atoms with E-state index in [2.05, 4.69) is 33.9 Å². The smallest absolute Gasteiger partial charge is 0.293 e. The Morgan fingerprint density at radius 1 is 1.36 bits per heavy atom. The van der Waals surface area contributed by atoms with E-state index in [9.17, 15) is 9.90 Å². The van der Waals surface area contributed by atoms with Gasteiger partial charge in [0.05, 0.1) is 12.6 Å². The van der Waals surface area contributed by atoms with E-state index in [1.54, 1.807) is 24.0 Å². The molecule has 2 atom stereocenters. The summed E-state index contributed by atoms with van der Waals surface area (Å²) in [6.07, 6.45) is 7.24. The summed E-state index contributed by atoms with van der Waals surface area (Å²) in [6, 6.07) is 0. The first kappa shape index (κ1) is 20.6. The molecule has 3 rings (SSSR count). The Bertz CT molecular complexity index is 740. The van der Waals surface area contributed by atoms with E-state index in [4.69, 9.17) is 4.99 Å². The third-order valence-corrected chi connectivity index (χ3v) is 6.08. The van der Waals surface area contributed by atoms with Gasteiger partial charge in [0, 0.05) is 57.6 Å². The molecule has 1 aliphatic carbocycles. The number of aromatic nitrogens is 2.